The highest BCUT2D eigenvalue weighted by molar-refractivity contribution is 7.89. The zero-order valence-electron chi connectivity index (χ0n) is 13.9. The predicted molar refractivity (Wildman–Crippen MR) is 94.9 cm³/mol. The maximum Gasteiger partial charge on any atom is 0.243 e. The van der Waals surface area contributed by atoms with Crippen molar-refractivity contribution in [2.75, 3.05) is 6.54 Å². The van der Waals surface area contributed by atoms with E-state index in [1.165, 1.54) is 4.31 Å². The van der Waals surface area contributed by atoms with E-state index in [2.05, 4.69) is 12.6 Å². The molecule has 5 heteroatoms. The summed E-state index contributed by atoms with van der Waals surface area (Å²) in [6, 6.07) is 14.1. The number of nitriles is 1. The summed E-state index contributed by atoms with van der Waals surface area (Å²) in [5.41, 5.74) is 3.25. The molecule has 0 saturated heterocycles. The number of nitrogens with zero attached hydrogens (tertiary/aromatic N) is 2. The van der Waals surface area contributed by atoms with E-state index in [1.54, 1.807) is 36.4 Å². The Labute approximate surface area is 143 Å². The molecule has 2 aromatic carbocycles. The van der Waals surface area contributed by atoms with Gasteiger partial charge < -0.3 is 0 Å². The normalized spacial score (nSPS) is 11.2. The highest BCUT2D eigenvalue weighted by Gasteiger charge is 2.24. The van der Waals surface area contributed by atoms with Crippen LogP contribution in [0.25, 0.3) is 0 Å². The molecule has 0 amide bonds. The number of rotatable bonds is 6. The van der Waals surface area contributed by atoms with Crippen molar-refractivity contribution < 1.29 is 8.42 Å². The van der Waals surface area contributed by atoms with Gasteiger partial charge in [0, 0.05) is 13.1 Å². The lowest BCUT2D eigenvalue weighted by molar-refractivity contribution is 0.438. The minimum Gasteiger partial charge on any atom is -0.207 e. The van der Waals surface area contributed by atoms with E-state index in [0.717, 1.165) is 16.7 Å². The Bertz CT molecular complexity index is 896. The van der Waals surface area contributed by atoms with Crippen molar-refractivity contribution in [3.05, 3.63) is 77.4 Å². The molecule has 2 rings (SSSR count). The molecule has 0 heterocycles. The van der Waals surface area contributed by atoms with Gasteiger partial charge in [0.2, 0.25) is 10.0 Å². The van der Waals surface area contributed by atoms with Crippen LogP contribution in [0.1, 0.15) is 22.3 Å². The summed E-state index contributed by atoms with van der Waals surface area (Å²) in [6.45, 7) is 7.88. The smallest absolute Gasteiger partial charge is 0.207 e. The highest BCUT2D eigenvalue weighted by atomic mass is 32.2. The lowest BCUT2D eigenvalue weighted by atomic mass is 10.1. The van der Waals surface area contributed by atoms with E-state index in [9.17, 15) is 8.42 Å². The van der Waals surface area contributed by atoms with Crippen molar-refractivity contribution in [1.82, 2.24) is 4.31 Å². The molecule has 2 aromatic rings. The van der Waals surface area contributed by atoms with Gasteiger partial charge in [-0.2, -0.15) is 9.57 Å². The number of benzene rings is 2. The van der Waals surface area contributed by atoms with Crippen molar-refractivity contribution in [2.24, 2.45) is 0 Å². The first-order valence-corrected chi connectivity index (χ1v) is 9.00. The van der Waals surface area contributed by atoms with Gasteiger partial charge in [-0.1, -0.05) is 24.3 Å². The summed E-state index contributed by atoms with van der Waals surface area (Å²) in [4.78, 5) is 0.267. The molecule has 0 atom stereocenters. The predicted octanol–water partition coefficient (Wildman–Crippen LogP) is 3.55. The van der Waals surface area contributed by atoms with Crippen molar-refractivity contribution in [1.29, 1.82) is 5.26 Å². The minimum absolute atomic E-state index is 0.191. The SMILES string of the molecule is C=CCN(Cc1cccc(C#N)c1)S(=O)(=O)c1ccc(C)c(C)c1. The standard InChI is InChI=1S/C19H20N2O2S/c1-4-10-21(14-18-7-5-6-17(12-18)13-20)24(22,23)19-9-8-15(2)16(3)11-19/h4-9,11-12H,1,10,14H2,2-3H3. The Morgan fingerprint density at radius 1 is 1.17 bits per heavy atom. The minimum atomic E-state index is -3.64. The van der Waals surface area contributed by atoms with Crippen molar-refractivity contribution in [3.8, 4) is 6.07 Å². The third kappa shape index (κ3) is 3.91. The molecule has 0 aromatic heterocycles. The Kier molecular flexibility index (Phi) is 5.55. The summed E-state index contributed by atoms with van der Waals surface area (Å²) in [7, 11) is -3.64. The molecule has 124 valence electrons. The van der Waals surface area contributed by atoms with Crippen LogP contribution < -0.4 is 0 Å². The van der Waals surface area contributed by atoms with Gasteiger partial charge in [-0.25, -0.2) is 8.42 Å². The van der Waals surface area contributed by atoms with Crippen LogP contribution in [-0.4, -0.2) is 19.3 Å². The van der Waals surface area contributed by atoms with Crippen LogP contribution in [0.5, 0.6) is 0 Å². The van der Waals surface area contributed by atoms with Crippen LogP contribution in [0.2, 0.25) is 0 Å². The molecule has 0 aliphatic carbocycles. The van der Waals surface area contributed by atoms with Crippen LogP contribution >= 0.6 is 0 Å². The molecule has 4 nitrogen and oxygen atoms in total. The molecular weight excluding hydrogens is 320 g/mol. The molecular formula is C19H20N2O2S. The maximum absolute atomic E-state index is 13.0. The lowest BCUT2D eigenvalue weighted by Gasteiger charge is -2.21. The molecule has 0 saturated carbocycles. The average Bonchev–Trinajstić information content (AvgIpc) is 2.57. The number of hydrogen-bond donors (Lipinski definition) is 0. The van der Waals surface area contributed by atoms with Gasteiger partial charge in [-0.15, -0.1) is 6.58 Å². The second kappa shape index (κ2) is 7.43. The molecule has 0 N–H and O–H groups in total. The molecule has 0 spiro atoms. The van der Waals surface area contributed by atoms with Crippen molar-refractivity contribution >= 4 is 10.0 Å². The second-order valence-electron chi connectivity index (χ2n) is 5.64. The van der Waals surface area contributed by atoms with Crippen LogP contribution in [0.4, 0.5) is 0 Å². The van der Waals surface area contributed by atoms with E-state index >= 15 is 0 Å². The fourth-order valence-electron chi connectivity index (χ4n) is 2.36. The monoisotopic (exact) mass is 340 g/mol. The van der Waals surface area contributed by atoms with E-state index < -0.39 is 10.0 Å². The number of aryl methyl sites for hydroxylation is 2. The fraction of sp³-hybridized carbons (Fsp3) is 0.211. The van der Waals surface area contributed by atoms with Crippen LogP contribution in [0.3, 0.4) is 0 Å². The second-order valence-corrected chi connectivity index (χ2v) is 7.58. The Morgan fingerprint density at radius 3 is 2.54 bits per heavy atom. The van der Waals surface area contributed by atoms with E-state index in [4.69, 9.17) is 5.26 Å². The summed E-state index contributed by atoms with van der Waals surface area (Å²) in [6.07, 6.45) is 1.56. The van der Waals surface area contributed by atoms with Crippen molar-refractivity contribution in [3.63, 3.8) is 0 Å². The first-order chi connectivity index (χ1) is 11.4. The van der Waals surface area contributed by atoms with Gasteiger partial charge in [0.25, 0.3) is 0 Å². The fourth-order valence-corrected chi connectivity index (χ4v) is 3.84. The van der Waals surface area contributed by atoms with Gasteiger partial charge in [-0.05, 0) is 54.8 Å². The first-order valence-electron chi connectivity index (χ1n) is 7.56. The van der Waals surface area contributed by atoms with E-state index in [1.807, 2.05) is 26.0 Å². The van der Waals surface area contributed by atoms with Crippen LogP contribution in [0.15, 0.2) is 60.0 Å². The largest absolute Gasteiger partial charge is 0.243 e. The van der Waals surface area contributed by atoms with Crippen LogP contribution in [-0.2, 0) is 16.6 Å². The summed E-state index contributed by atoms with van der Waals surface area (Å²) in [5.74, 6) is 0. The molecule has 0 unspecified atom stereocenters. The molecule has 24 heavy (non-hydrogen) atoms. The third-order valence-electron chi connectivity index (χ3n) is 3.86. The van der Waals surface area contributed by atoms with E-state index in [0.29, 0.717) is 5.56 Å². The average molecular weight is 340 g/mol. The zero-order chi connectivity index (χ0) is 17.7. The van der Waals surface area contributed by atoms with Gasteiger partial charge in [0.05, 0.1) is 16.5 Å². The Morgan fingerprint density at radius 2 is 1.92 bits per heavy atom. The number of hydrogen-bond acceptors (Lipinski definition) is 3. The van der Waals surface area contributed by atoms with Gasteiger partial charge in [0.15, 0.2) is 0 Å². The van der Waals surface area contributed by atoms with E-state index in [-0.39, 0.29) is 18.0 Å². The molecule has 0 bridgehead atoms. The first kappa shape index (κ1) is 17.9. The summed E-state index contributed by atoms with van der Waals surface area (Å²) in [5, 5.41) is 9.00. The quantitative estimate of drug-likeness (QED) is 0.756. The third-order valence-corrected chi connectivity index (χ3v) is 5.67. The van der Waals surface area contributed by atoms with Gasteiger partial charge in [-0.3, -0.25) is 0 Å². The van der Waals surface area contributed by atoms with Crippen molar-refractivity contribution in [2.45, 2.75) is 25.3 Å². The Balaban J connectivity index is 2.39. The van der Waals surface area contributed by atoms with Crippen LogP contribution in [0, 0.1) is 25.2 Å². The molecule has 0 fully saturated rings. The maximum atomic E-state index is 13.0. The van der Waals surface area contributed by atoms with Gasteiger partial charge in [0.1, 0.15) is 0 Å². The molecule has 0 aliphatic heterocycles. The number of sulfonamides is 1. The Hall–Kier alpha value is -2.42. The zero-order valence-corrected chi connectivity index (χ0v) is 14.7. The lowest BCUT2D eigenvalue weighted by Crippen LogP contribution is -2.31. The molecule has 0 radical (unpaired) electrons. The topological polar surface area (TPSA) is 61.2 Å². The molecule has 0 aliphatic rings. The van der Waals surface area contributed by atoms with Gasteiger partial charge >= 0.3 is 0 Å². The highest BCUT2D eigenvalue weighted by Crippen LogP contribution is 2.21. The summed E-state index contributed by atoms with van der Waals surface area (Å²) < 4.78 is 27.3. The summed E-state index contributed by atoms with van der Waals surface area (Å²) >= 11 is 0.